The number of likely N-dealkylation sites (N-methyl/N-ethyl adjacent to an activating group) is 1. The number of halogens is 2. The first-order valence-corrected chi connectivity index (χ1v) is 5.64. The molecule has 1 aromatic carbocycles. The molecule has 18 heavy (non-hydrogen) atoms. The SMILES string of the molecule is CCNC(=O)C(C)n1cnc2cc(F)c(F)cc21. The average molecular weight is 253 g/mol. The molecule has 1 unspecified atom stereocenters. The van der Waals surface area contributed by atoms with Crippen molar-refractivity contribution in [3.05, 3.63) is 30.1 Å². The fourth-order valence-corrected chi connectivity index (χ4v) is 1.78. The van der Waals surface area contributed by atoms with Crippen LogP contribution in [0.25, 0.3) is 11.0 Å². The van der Waals surface area contributed by atoms with Crippen molar-refractivity contribution in [2.24, 2.45) is 0 Å². The van der Waals surface area contributed by atoms with Gasteiger partial charge in [-0.15, -0.1) is 0 Å². The number of carbonyl (C=O) groups is 1. The van der Waals surface area contributed by atoms with Gasteiger partial charge in [0, 0.05) is 18.7 Å². The molecule has 1 atom stereocenters. The number of fused-ring (bicyclic) bond motifs is 1. The second kappa shape index (κ2) is 4.72. The summed E-state index contributed by atoms with van der Waals surface area (Å²) in [4.78, 5) is 15.7. The molecule has 4 nitrogen and oxygen atoms in total. The van der Waals surface area contributed by atoms with E-state index in [1.165, 1.54) is 10.9 Å². The predicted octanol–water partition coefficient (Wildman–Crippen LogP) is 2.01. The molecule has 0 radical (unpaired) electrons. The zero-order valence-electron chi connectivity index (χ0n) is 10.1. The lowest BCUT2D eigenvalue weighted by Gasteiger charge is -2.13. The van der Waals surface area contributed by atoms with Crippen molar-refractivity contribution >= 4 is 16.9 Å². The third-order valence-corrected chi connectivity index (χ3v) is 2.76. The molecule has 0 saturated heterocycles. The van der Waals surface area contributed by atoms with Gasteiger partial charge < -0.3 is 9.88 Å². The molecule has 1 aromatic heterocycles. The summed E-state index contributed by atoms with van der Waals surface area (Å²) >= 11 is 0. The number of carbonyl (C=O) groups excluding carboxylic acids is 1. The van der Waals surface area contributed by atoms with Crippen LogP contribution in [0.2, 0.25) is 0 Å². The molecule has 0 fully saturated rings. The number of imidazole rings is 1. The van der Waals surface area contributed by atoms with E-state index in [1.807, 2.05) is 6.92 Å². The van der Waals surface area contributed by atoms with Gasteiger partial charge in [0.1, 0.15) is 6.04 Å². The molecule has 2 aromatic rings. The van der Waals surface area contributed by atoms with Gasteiger partial charge in [-0.2, -0.15) is 0 Å². The van der Waals surface area contributed by atoms with Gasteiger partial charge in [0.05, 0.1) is 17.4 Å². The first-order valence-electron chi connectivity index (χ1n) is 5.64. The summed E-state index contributed by atoms with van der Waals surface area (Å²) < 4.78 is 27.8. The van der Waals surface area contributed by atoms with Gasteiger partial charge in [-0.1, -0.05) is 0 Å². The highest BCUT2D eigenvalue weighted by Gasteiger charge is 2.17. The molecule has 2 rings (SSSR count). The lowest BCUT2D eigenvalue weighted by Crippen LogP contribution is -2.30. The highest BCUT2D eigenvalue weighted by Crippen LogP contribution is 2.20. The molecular formula is C12H13F2N3O. The van der Waals surface area contributed by atoms with Gasteiger partial charge in [0.15, 0.2) is 11.6 Å². The zero-order chi connectivity index (χ0) is 13.3. The first kappa shape index (κ1) is 12.5. The number of rotatable bonds is 3. The topological polar surface area (TPSA) is 46.9 Å². The minimum atomic E-state index is -0.952. The second-order valence-corrected chi connectivity index (χ2v) is 3.98. The Labute approximate surface area is 103 Å². The van der Waals surface area contributed by atoms with E-state index in [0.29, 0.717) is 17.6 Å². The largest absolute Gasteiger partial charge is 0.355 e. The maximum absolute atomic E-state index is 13.2. The van der Waals surface area contributed by atoms with Crippen LogP contribution in [0.4, 0.5) is 8.78 Å². The number of hydrogen-bond donors (Lipinski definition) is 1. The quantitative estimate of drug-likeness (QED) is 0.909. The Morgan fingerprint density at radius 2 is 2.11 bits per heavy atom. The van der Waals surface area contributed by atoms with Crippen molar-refractivity contribution < 1.29 is 13.6 Å². The van der Waals surface area contributed by atoms with E-state index in [4.69, 9.17) is 0 Å². The Hall–Kier alpha value is -1.98. The lowest BCUT2D eigenvalue weighted by molar-refractivity contribution is -0.123. The van der Waals surface area contributed by atoms with Gasteiger partial charge in [-0.05, 0) is 13.8 Å². The van der Waals surface area contributed by atoms with E-state index in [1.54, 1.807) is 6.92 Å². The van der Waals surface area contributed by atoms with Crippen LogP contribution >= 0.6 is 0 Å². The molecule has 0 bridgehead atoms. The summed E-state index contributed by atoms with van der Waals surface area (Å²) in [5, 5.41) is 2.67. The highest BCUT2D eigenvalue weighted by atomic mass is 19.2. The van der Waals surface area contributed by atoms with Gasteiger partial charge in [-0.3, -0.25) is 4.79 Å². The first-order chi connectivity index (χ1) is 8.54. The van der Waals surface area contributed by atoms with Crippen LogP contribution in [0.5, 0.6) is 0 Å². The maximum atomic E-state index is 13.2. The lowest BCUT2D eigenvalue weighted by atomic mass is 10.2. The summed E-state index contributed by atoms with van der Waals surface area (Å²) in [5.41, 5.74) is 0.720. The molecular weight excluding hydrogens is 240 g/mol. The van der Waals surface area contributed by atoms with E-state index < -0.39 is 17.7 Å². The van der Waals surface area contributed by atoms with E-state index in [-0.39, 0.29) is 5.91 Å². The molecule has 0 aliphatic carbocycles. The van der Waals surface area contributed by atoms with Crippen LogP contribution in [0.1, 0.15) is 19.9 Å². The van der Waals surface area contributed by atoms with Crippen molar-refractivity contribution in [2.45, 2.75) is 19.9 Å². The Bertz CT molecular complexity index is 594. The normalized spacial score (nSPS) is 12.7. The number of amides is 1. The summed E-state index contributed by atoms with van der Waals surface area (Å²) in [5.74, 6) is -2.09. The number of hydrogen-bond acceptors (Lipinski definition) is 2. The molecule has 0 aliphatic heterocycles. The van der Waals surface area contributed by atoms with Crippen LogP contribution in [0.15, 0.2) is 18.5 Å². The van der Waals surface area contributed by atoms with Crippen LogP contribution in [-0.4, -0.2) is 22.0 Å². The van der Waals surface area contributed by atoms with Crippen LogP contribution < -0.4 is 5.32 Å². The average Bonchev–Trinajstić information content (AvgIpc) is 2.72. The fraction of sp³-hybridized carbons (Fsp3) is 0.333. The van der Waals surface area contributed by atoms with Crippen molar-refractivity contribution in [2.75, 3.05) is 6.54 Å². The van der Waals surface area contributed by atoms with E-state index in [2.05, 4.69) is 10.3 Å². The number of benzene rings is 1. The van der Waals surface area contributed by atoms with Gasteiger partial charge >= 0.3 is 0 Å². The summed E-state index contributed by atoms with van der Waals surface area (Å²) in [7, 11) is 0. The van der Waals surface area contributed by atoms with Crippen molar-refractivity contribution in [1.82, 2.24) is 14.9 Å². The standard InChI is InChI=1S/C12H13F2N3O/c1-3-15-12(18)7(2)17-6-16-10-4-8(13)9(14)5-11(10)17/h4-7H,3H2,1-2H3,(H,15,18). The minimum absolute atomic E-state index is 0.193. The highest BCUT2D eigenvalue weighted by molar-refractivity contribution is 5.83. The molecule has 0 spiro atoms. The van der Waals surface area contributed by atoms with Gasteiger partial charge in [-0.25, -0.2) is 13.8 Å². The van der Waals surface area contributed by atoms with Crippen LogP contribution in [-0.2, 0) is 4.79 Å². The smallest absolute Gasteiger partial charge is 0.242 e. The molecule has 6 heteroatoms. The minimum Gasteiger partial charge on any atom is -0.355 e. The van der Waals surface area contributed by atoms with E-state index >= 15 is 0 Å². The van der Waals surface area contributed by atoms with Crippen LogP contribution in [0.3, 0.4) is 0 Å². The fourth-order valence-electron chi connectivity index (χ4n) is 1.78. The van der Waals surface area contributed by atoms with Crippen molar-refractivity contribution in [3.63, 3.8) is 0 Å². The number of nitrogens with zero attached hydrogens (tertiary/aromatic N) is 2. The molecule has 0 saturated carbocycles. The summed E-state index contributed by atoms with van der Waals surface area (Å²) in [6.45, 7) is 4.00. The van der Waals surface area contributed by atoms with E-state index in [0.717, 1.165) is 12.1 Å². The summed E-state index contributed by atoms with van der Waals surface area (Å²) in [6, 6.07) is 1.54. The van der Waals surface area contributed by atoms with E-state index in [9.17, 15) is 13.6 Å². The molecule has 1 heterocycles. The predicted molar refractivity (Wildman–Crippen MR) is 63.0 cm³/mol. The van der Waals surface area contributed by atoms with Gasteiger partial charge in [0.2, 0.25) is 5.91 Å². The second-order valence-electron chi connectivity index (χ2n) is 3.98. The molecule has 96 valence electrons. The van der Waals surface area contributed by atoms with Crippen molar-refractivity contribution in [1.29, 1.82) is 0 Å². The zero-order valence-corrected chi connectivity index (χ0v) is 10.1. The number of nitrogens with one attached hydrogen (secondary N) is 1. The van der Waals surface area contributed by atoms with Crippen molar-refractivity contribution in [3.8, 4) is 0 Å². The Morgan fingerprint density at radius 1 is 1.44 bits per heavy atom. The summed E-state index contributed by atoms with van der Waals surface area (Å²) in [6.07, 6.45) is 1.41. The number of aromatic nitrogens is 2. The molecule has 1 amide bonds. The Morgan fingerprint density at radius 3 is 2.78 bits per heavy atom. The van der Waals surface area contributed by atoms with Crippen LogP contribution in [0, 0.1) is 11.6 Å². The monoisotopic (exact) mass is 253 g/mol. The Balaban J connectivity index is 2.46. The maximum Gasteiger partial charge on any atom is 0.242 e. The third kappa shape index (κ3) is 2.05. The Kier molecular flexibility index (Phi) is 3.27. The van der Waals surface area contributed by atoms with Gasteiger partial charge in [0.25, 0.3) is 0 Å². The molecule has 0 aliphatic rings. The molecule has 1 N–H and O–H groups in total. The third-order valence-electron chi connectivity index (χ3n) is 2.76.